The molecule has 0 radical (unpaired) electrons. The van der Waals surface area contributed by atoms with Crippen LogP contribution >= 0.6 is 0 Å². The average molecular weight is 985 g/mol. The topological polar surface area (TPSA) is 9.86 Å². The fraction of sp³-hybridized carbons (Fsp3) is 0.0137. The van der Waals surface area contributed by atoms with Crippen molar-refractivity contribution in [3.05, 3.63) is 338 Å². The summed E-state index contributed by atoms with van der Waals surface area (Å²) in [5.74, 6) is 0. The smallest absolute Gasteiger partial charge is 0.179 e. The highest BCUT2D eigenvalue weighted by molar-refractivity contribution is 7.20. The first kappa shape index (κ1) is 45.1. The molecule has 0 unspecified atom stereocenters. The van der Waals surface area contributed by atoms with E-state index < -0.39 is 13.5 Å². The van der Waals surface area contributed by atoms with E-state index in [0.29, 0.717) is 0 Å². The van der Waals surface area contributed by atoms with E-state index in [4.69, 9.17) is 0 Å². The quantitative estimate of drug-likeness (QED) is 0.0903. The zero-order chi connectivity index (χ0) is 50.5. The van der Waals surface area contributed by atoms with Crippen LogP contribution in [0, 0.1) is 0 Å². The Morgan fingerprint density at radius 1 is 0.224 bits per heavy atom. The summed E-state index contributed by atoms with van der Waals surface area (Å²) in [4.78, 5) is 0. The van der Waals surface area contributed by atoms with Crippen LogP contribution in [0.2, 0.25) is 0 Å². The summed E-state index contributed by atoms with van der Waals surface area (Å²) in [5, 5.41) is 10.3. The number of fused-ring (bicyclic) bond motifs is 6. The third-order valence-electron chi connectivity index (χ3n) is 16.0. The fourth-order valence-electron chi connectivity index (χ4n) is 12.7. The number of benzene rings is 12. The Kier molecular flexibility index (Phi) is 11.1. The Morgan fingerprint density at radius 2 is 0.618 bits per heavy atom. The number of para-hydroxylation sites is 2. The maximum absolute atomic E-state index is 2.81. The molecule has 3 heteroatoms. The summed E-state index contributed by atoms with van der Waals surface area (Å²) < 4.78 is 4.96. The van der Waals surface area contributed by atoms with Crippen molar-refractivity contribution >= 4 is 72.4 Å². The second-order valence-corrected chi connectivity index (χ2v) is 23.8. The van der Waals surface area contributed by atoms with Crippen LogP contribution in [0.5, 0.6) is 0 Å². The van der Waals surface area contributed by atoms with E-state index in [-0.39, 0.29) is 0 Å². The summed E-state index contributed by atoms with van der Waals surface area (Å²) >= 11 is 0. The highest BCUT2D eigenvalue weighted by Crippen LogP contribution is 2.46. The van der Waals surface area contributed by atoms with Crippen LogP contribution in [-0.4, -0.2) is 17.2 Å². The van der Waals surface area contributed by atoms with E-state index in [9.17, 15) is 0 Å². The van der Waals surface area contributed by atoms with E-state index in [1.54, 1.807) is 0 Å². The molecule has 14 aromatic rings. The van der Waals surface area contributed by atoms with Crippen molar-refractivity contribution in [3.8, 4) is 22.5 Å². The third-order valence-corrected chi connectivity index (χ3v) is 20.8. The van der Waals surface area contributed by atoms with Gasteiger partial charge in [-0.25, -0.2) is 0 Å². The van der Waals surface area contributed by atoms with Crippen molar-refractivity contribution in [2.75, 3.05) is 0 Å². The summed E-state index contributed by atoms with van der Waals surface area (Å²) in [6.45, 7) is 0. The first-order valence-corrected chi connectivity index (χ1v) is 28.3. The molecule has 0 saturated heterocycles. The maximum Gasteiger partial charge on any atom is 0.179 e. The van der Waals surface area contributed by atoms with Gasteiger partial charge < -0.3 is 9.13 Å². The summed E-state index contributed by atoms with van der Waals surface area (Å²) in [6.07, 6.45) is 0. The van der Waals surface area contributed by atoms with Gasteiger partial charge in [0.05, 0.1) is 27.5 Å². The lowest BCUT2D eigenvalue weighted by Crippen LogP contribution is -2.74. The second-order valence-electron chi connectivity index (χ2n) is 20.0. The van der Waals surface area contributed by atoms with E-state index in [0.717, 1.165) is 22.5 Å². The summed E-state index contributed by atoms with van der Waals surface area (Å²) in [7, 11) is -2.81. The van der Waals surface area contributed by atoms with Gasteiger partial charge in [0.15, 0.2) is 8.07 Å². The minimum Gasteiger partial charge on any atom is -0.309 e. The lowest BCUT2D eigenvalue weighted by atomic mass is 9.65. The predicted octanol–water partition coefficient (Wildman–Crippen LogP) is 15.3. The van der Waals surface area contributed by atoms with Gasteiger partial charge in [-0.3, -0.25) is 0 Å². The normalized spacial score (nSPS) is 11.9. The van der Waals surface area contributed by atoms with Crippen LogP contribution in [0.4, 0.5) is 0 Å². The molecule has 0 aliphatic carbocycles. The largest absolute Gasteiger partial charge is 0.309 e. The molecule has 0 aliphatic heterocycles. The molecule has 0 amide bonds. The van der Waals surface area contributed by atoms with Crippen molar-refractivity contribution in [2.45, 2.75) is 5.41 Å². The molecule has 0 atom stereocenters. The van der Waals surface area contributed by atoms with Gasteiger partial charge in [-0.2, -0.15) is 0 Å². The fourth-order valence-corrected chi connectivity index (χ4v) is 17.5. The number of nitrogens with zero attached hydrogens (tertiary/aromatic N) is 2. The van der Waals surface area contributed by atoms with Gasteiger partial charge in [0, 0.05) is 32.9 Å². The van der Waals surface area contributed by atoms with Gasteiger partial charge in [-0.15, -0.1) is 0 Å². The van der Waals surface area contributed by atoms with Crippen LogP contribution < -0.4 is 20.7 Å². The molecule has 358 valence electrons. The standard InChI is InChI=1S/C73H52N2Si/c1-7-27-55(28-8-1)73(56-29-9-2-10-30-56,57-31-11-3-12-32-57)58-33-23-25-53(49-58)54-26-24-34-59(50-54)74-70-44-22-20-42-66(70)68-51-60(45-48-71(68)74)75-69-43-21-19-41-65(69)67-47-46-64(52-72(67)75)76(61-35-13-4-14-36-61,62-37-15-5-16-38-62)63-39-17-6-18-40-63/h1-52H. The molecule has 0 aliphatic rings. The monoisotopic (exact) mass is 984 g/mol. The molecule has 12 aromatic carbocycles. The van der Waals surface area contributed by atoms with Crippen molar-refractivity contribution in [1.29, 1.82) is 0 Å². The van der Waals surface area contributed by atoms with Crippen molar-refractivity contribution in [3.63, 3.8) is 0 Å². The molecule has 0 saturated carbocycles. The zero-order valence-corrected chi connectivity index (χ0v) is 42.9. The average Bonchev–Trinajstić information content (AvgIpc) is 4.03. The molecule has 2 nitrogen and oxygen atoms in total. The van der Waals surface area contributed by atoms with E-state index in [2.05, 4.69) is 325 Å². The first-order valence-electron chi connectivity index (χ1n) is 26.3. The van der Waals surface area contributed by atoms with E-state index in [1.807, 2.05) is 0 Å². The van der Waals surface area contributed by atoms with Crippen LogP contribution in [0.1, 0.15) is 22.3 Å². The van der Waals surface area contributed by atoms with Crippen molar-refractivity contribution in [2.24, 2.45) is 0 Å². The van der Waals surface area contributed by atoms with E-state index >= 15 is 0 Å². The molecule has 0 spiro atoms. The molecule has 0 bridgehead atoms. The summed E-state index contributed by atoms with van der Waals surface area (Å²) in [6, 6.07) is 117. The Morgan fingerprint density at radius 3 is 1.16 bits per heavy atom. The highest BCUT2D eigenvalue weighted by atomic mass is 28.3. The number of hydrogen-bond acceptors (Lipinski definition) is 0. The Labute approximate surface area is 444 Å². The molecule has 2 heterocycles. The van der Waals surface area contributed by atoms with Gasteiger partial charge in [-0.05, 0) is 109 Å². The molecular formula is C73H52N2Si. The second kappa shape index (κ2) is 18.7. The molecule has 2 aromatic heterocycles. The predicted molar refractivity (Wildman–Crippen MR) is 322 cm³/mol. The minimum atomic E-state index is -2.81. The number of aromatic nitrogens is 2. The molecular weight excluding hydrogens is 933 g/mol. The lowest BCUT2D eigenvalue weighted by molar-refractivity contribution is 0.745. The van der Waals surface area contributed by atoms with E-state index in [1.165, 1.54) is 86.7 Å². The number of rotatable bonds is 11. The zero-order valence-electron chi connectivity index (χ0n) is 41.9. The van der Waals surface area contributed by atoms with Crippen LogP contribution in [-0.2, 0) is 5.41 Å². The van der Waals surface area contributed by atoms with Gasteiger partial charge in [0.25, 0.3) is 0 Å². The third kappa shape index (κ3) is 7.16. The maximum atomic E-state index is 2.52. The Bertz CT molecular complexity index is 4180. The van der Waals surface area contributed by atoms with Crippen LogP contribution in [0.3, 0.4) is 0 Å². The highest BCUT2D eigenvalue weighted by Gasteiger charge is 2.42. The van der Waals surface area contributed by atoms with Crippen molar-refractivity contribution < 1.29 is 0 Å². The molecule has 14 rings (SSSR count). The Hall–Kier alpha value is -9.54. The minimum absolute atomic E-state index is 0.545. The number of hydrogen-bond donors (Lipinski definition) is 0. The molecule has 0 fully saturated rings. The van der Waals surface area contributed by atoms with Gasteiger partial charge in [0.1, 0.15) is 0 Å². The van der Waals surface area contributed by atoms with Crippen LogP contribution in [0.15, 0.2) is 315 Å². The summed E-state index contributed by atoms with van der Waals surface area (Å²) in [5.41, 5.74) is 13.7. The van der Waals surface area contributed by atoms with Crippen molar-refractivity contribution in [1.82, 2.24) is 9.13 Å². The molecule has 76 heavy (non-hydrogen) atoms. The van der Waals surface area contributed by atoms with Crippen LogP contribution in [0.25, 0.3) is 66.1 Å². The Balaban J connectivity index is 0.937. The lowest BCUT2D eigenvalue weighted by Gasteiger charge is -2.37. The van der Waals surface area contributed by atoms with Gasteiger partial charge >= 0.3 is 0 Å². The SMILES string of the molecule is c1ccc(C(c2ccccc2)(c2ccccc2)c2cccc(-c3cccc(-n4c5ccccc5c5cc(-n6c7ccccc7c7ccc([Si](c8ccccc8)(c8ccccc8)c8ccccc8)cc76)ccc54)c3)c2)cc1. The first-order chi connectivity index (χ1) is 37.7. The van der Waals surface area contributed by atoms with Gasteiger partial charge in [-0.1, -0.05) is 261 Å². The van der Waals surface area contributed by atoms with Gasteiger partial charge in [0.2, 0.25) is 0 Å². The molecule has 0 N–H and O–H groups in total.